The van der Waals surface area contributed by atoms with Crippen LogP contribution in [0, 0.1) is 0 Å². The number of rotatable bonds is 4. The van der Waals surface area contributed by atoms with Gasteiger partial charge in [-0.25, -0.2) is 0 Å². The van der Waals surface area contributed by atoms with Crippen LogP contribution in [0.5, 0.6) is 0 Å². The van der Waals surface area contributed by atoms with Crippen molar-refractivity contribution in [2.45, 2.75) is 13.3 Å². The lowest BCUT2D eigenvalue weighted by Crippen LogP contribution is -2.08. The van der Waals surface area contributed by atoms with Gasteiger partial charge in [0, 0.05) is 0 Å². The number of carbonyl (C=O) groups is 1. The molecule has 0 spiro atoms. The van der Waals surface area contributed by atoms with Crippen molar-refractivity contribution in [1.82, 2.24) is 0 Å². The average molecular weight is 340 g/mol. The van der Waals surface area contributed by atoms with E-state index in [-0.39, 0.29) is 12.4 Å². The monoisotopic (exact) mass is 340 g/mol. The van der Waals surface area contributed by atoms with Gasteiger partial charge in [0.2, 0.25) is 0 Å². The SMILES string of the molecule is CCOC(=O)Cc1ccc2ccccc2c1-c1cccc2ccccc12. The molecule has 26 heavy (non-hydrogen) atoms. The number of hydrogen-bond donors (Lipinski definition) is 0. The molecular weight excluding hydrogens is 320 g/mol. The molecular formula is C24H20O2. The van der Waals surface area contributed by atoms with Gasteiger partial charge in [0.05, 0.1) is 13.0 Å². The van der Waals surface area contributed by atoms with E-state index in [0.717, 1.165) is 22.1 Å². The first-order valence-electron chi connectivity index (χ1n) is 8.92. The number of carbonyl (C=O) groups excluding carboxylic acids is 1. The van der Waals surface area contributed by atoms with Crippen LogP contribution in [0.3, 0.4) is 0 Å². The minimum atomic E-state index is -0.190. The number of hydrogen-bond acceptors (Lipinski definition) is 2. The molecule has 0 heterocycles. The lowest BCUT2D eigenvalue weighted by Gasteiger charge is -2.15. The molecule has 4 rings (SSSR count). The maximum atomic E-state index is 12.2. The summed E-state index contributed by atoms with van der Waals surface area (Å²) in [6, 6.07) is 27.2. The summed E-state index contributed by atoms with van der Waals surface area (Å²) in [4.78, 5) is 12.2. The zero-order chi connectivity index (χ0) is 17.9. The molecule has 0 saturated heterocycles. The molecule has 0 atom stereocenters. The number of esters is 1. The normalized spacial score (nSPS) is 11.0. The largest absolute Gasteiger partial charge is 0.466 e. The maximum Gasteiger partial charge on any atom is 0.310 e. The third kappa shape index (κ3) is 2.95. The maximum absolute atomic E-state index is 12.2. The Morgan fingerprint density at radius 2 is 1.42 bits per heavy atom. The Balaban J connectivity index is 2.01. The van der Waals surface area contributed by atoms with Gasteiger partial charge in [0.15, 0.2) is 0 Å². The summed E-state index contributed by atoms with van der Waals surface area (Å²) in [5.41, 5.74) is 3.27. The van der Waals surface area contributed by atoms with Crippen molar-refractivity contribution in [1.29, 1.82) is 0 Å². The summed E-state index contributed by atoms with van der Waals surface area (Å²) in [6.45, 7) is 2.24. The van der Waals surface area contributed by atoms with Gasteiger partial charge in [0.1, 0.15) is 0 Å². The van der Waals surface area contributed by atoms with E-state index in [1.54, 1.807) is 0 Å². The topological polar surface area (TPSA) is 26.3 Å². The predicted molar refractivity (Wildman–Crippen MR) is 107 cm³/mol. The van der Waals surface area contributed by atoms with Crippen LogP contribution in [0.25, 0.3) is 32.7 Å². The van der Waals surface area contributed by atoms with Crippen molar-refractivity contribution in [3.05, 3.63) is 84.4 Å². The summed E-state index contributed by atoms with van der Waals surface area (Å²) < 4.78 is 5.20. The van der Waals surface area contributed by atoms with E-state index in [9.17, 15) is 4.79 Å². The van der Waals surface area contributed by atoms with Crippen LogP contribution in [0.15, 0.2) is 78.9 Å². The van der Waals surface area contributed by atoms with Crippen molar-refractivity contribution in [2.75, 3.05) is 6.61 Å². The lowest BCUT2D eigenvalue weighted by molar-refractivity contribution is -0.142. The Morgan fingerprint density at radius 3 is 2.19 bits per heavy atom. The first-order chi connectivity index (χ1) is 12.8. The Labute approximate surface area is 153 Å². The number of benzene rings is 4. The molecule has 128 valence electrons. The first kappa shape index (κ1) is 16.3. The molecule has 0 saturated carbocycles. The van der Waals surface area contributed by atoms with Gasteiger partial charge in [-0.05, 0) is 45.2 Å². The summed E-state index contributed by atoms with van der Waals surface area (Å²) in [5.74, 6) is -0.190. The van der Waals surface area contributed by atoms with Gasteiger partial charge in [0.25, 0.3) is 0 Å². The zero-order valence-electron chi connectivity index (χ0n) is 14.7. The second-order valence-corrected chi connectivity index (χ2v) is 6.33. The highest BCUT2D eigenvalue weighted by Gasteiger charge is 2.15. The van der Waals surface area contributed by atoms with Crippen LogP contribution in [-0.4, -0.2) is 12.6 Å². The van der Waals surface area contributed by atoms with Crippen LogP contribution in [0.4, 0.5) is 0 Å². The Kier molecular flexibility index (Phi) is 4.40. The van der Waals surface area contributed by atoms with Crippen molar-refractivity contribution < 1.29 is 9.53 Å². The molecule has 0 bridgehead atoms. The highest BCUT2D eigenvalue weighted by Crippen LogP contribution is 2.36. The molecule has 2 heteroatoms. The number of fused-ring (bicyclic) bond motifs is 2. The molecule has 2 nitrogen and oxygen atoms in total. The van der Waals surface area contributed by atoms with Crippen molar-refractivity contribution in [3.63, 3.8) is 0 Å². The van der Waals surface area contributed by atoms with E-state index in [1.807, 2.05) is 19.1 Å². The van der Waals surface area contributed by atoms with Crippen LogP contribution in [0.2, 0.25) is 0 Å². The van der Waals surface area contributed by atoms with E-state index in [0.29, 0.717) is 6.61 Å². The Bertz CT molecular complexity index is 1090. The fourth-order valence-electron chi connectivity index (χ4n) is 3.59. The Hall–Kier alpha value is -3.13. The van der Waals surface area contributed by atoms with Crippen molar-refractivity contribution >= 4 is 27.5 Å². The molecule has 0 amide bonds. The molecule has 0 radical (unpaired) electrons. The van der Waals surface area contributed by atoms with E-state index in [1.165, 1.54) is 16.2 Å². The number of ether oxygens (including phenoxy) is 1. The minimum Gasteiger partial charge on any atom is -0.466 e. The van der Waals surface area contributed by atoms with E-state index < -0.39 is 0 Å². The van der Waals surface area contributed by atoms with Gasteiger partial charge in [-0.15, -0.1) is 0 Å². The van der Waals surface area contributed by atoms with Crippen LogP contribution in [0.1, 0.15) is 12.5 Å². The highest BCUT2D eigenvalue weighted by molar-refractivity contribution is 6.07. The predicted octanol–water partition coefficient (Wildman–Crippen LogP) is 5.77. The molecule has 4 aromatic carbocycles. The van der Waals surface area contributed by atoms with Gasteiger partial charge < -0.3 is 4.74 Å². The summed E-state index contributed by atoms with van der Waals surface area (Å²) in [7, 11) is 0. The van der Waals surface area contributed by atoms with Crippen LogP contribution < -0.4 is 0 Å². The first-order valence-corrected chi connectivity index (χ1v) is 8.92. The molecule has 0 fully saturated rings. The highest BCUT2D eigenvalue weighted by atomic mass is 16.5. The van der Waals surface area contributed by atoms with Crippen molar-refractivity contribution in [3.8, 4) is 11.1 Å². The van der Waals surface area contributed by atoms with E-state index in [4.69, 9.17) is 4.74 Å². The molecule has 0 aromatic heterocycles. The molecule has 0 aliphatic heterocycles. The van der Waals surface area contributed by atoms with Crippen LogP contribution in [-0.2, 0) is 16.0 Å². The molecule has 4 aromatic rings. The minimum absolute atomic E-state index is 0.190. The Morgan fingerprint density at radius 1 is 0.769 bits per heavy atom. The quantitative estimate of drug-likeness (QED) is 0.441. The molecule has 0 aliphatic rings. The summed E-state index contributed by atoms with van der Waals surface area (Å²) in [6.07, 6.45) is 0.275. The van der Waals surface area contributed by atoms with E-state index in [2.05, 4.69) is 66.7 Å². The summed E-state index contributed by atoms with van der Waals surface area (Å²) >= 11 is 0. The molecule has 0 unspecified atom stereocenters. The smallest absolute Gasteiger partial charge is 0.310 e. The fraction of sp³-hybridized carbons (Fsp3) is 0.125. The average Bonchev–Trinajstić information content (AvgIpc) is 2.68. The summed E-state index contributed by atoms with van der Waals surface area (Å²) in [5, 5.41) is 4.71. The molecule has 0 N–H and O–H groups in total. The van der Waals surface area contributed by atoms with Gasteiger partial charge in [-0.1, -0.05) is 78.9 Å². The molecule has 0 aliphatic carbocycles. The zero-order valence-corrected chi connectivity index (χ0v) is 14.7. The van der Waals surface area contributed by atoms with Crippen molar-refractivity contribution in [2.24, 2.45) is 0 Å². The standard InChI is InChI=1S/C24H20O2/c1-2-26-23(25)16-19-15-14-18-9-4-6-12-21(18)24(19)22-13-7-10-17-8-3-5-11-20(17)22/h3-15H,2,16H2,1H3. The van der Waals surface area contributed by atoms with Gasteiger partial charge >= 0.3 is 5.97 Å². The second kappa shape index (κ2) is 7.01. The lowest BCUT2D eigenvalue weighted by atomic mass is 9.89. The van der Waals surface area contributed by atoms with Crippen LogP contribution >= 0.6 is 0 Å². The second-order valence-electron chi connectivity index (χ2n) is 6.33. The fourth-order valence-corrected chi connectivity index (χ4v) is 3.59. The third-order valence-corrected chi connectivity index (χ3v) is 4.71. The van der Waals surface area contributed by atoms with Gasteiger partial charge in [-0.3, -0.25) is 4.79 Å². The van der Waals surface area contributed by atoms with Gasteiger partial charge in [-0.2, -0.15) is 0 Å². The third-order valence-electron chi connectivity index (χ3n) is 4.71. The van der Waals surface area contributed by atoms with E-state index >= 15 is 0 Å².